The van der Waals surface area contributed by atoms with Gasteiger partial charge in [0.15, 0.2) is 6.29 Å². The number of fused-ring (bicyclic) bond motifs is 1. The van der Waals surface area contributed by atoms with Gasteiger partial charge in [-0.2, -0.15) is 0 Å². The van der Waals surface area contributed by atoms with Crippen molar-refractivity contribution in [2.24, 2.45) is 0 Å². The van der Waals surface area contributed by atoms with E-state index >= 15 is 0 Å². The van der Waals surface area contributed by atoms with Crippen LogP contribution < -0.4 is 0 Å². The van der Waals surface area contributed by atoms with Gasteiger partial charge in [-0.15, -0.1) is 11.3 Å². The second-order valence-corrected chi connectivity index (χ2v) is 4.31. The van der Waals surface area contributed by atoms with E-state index in [0.29, 0.717) is 0 Å². The predicted octanol–water partition coefficient (Wildman–Crippen LogP) is 3.58. The third-order valence-electron chi connectivity index (χ3n) is 2.57. The summed E-state index contributed by atoms with van der Waals surface area (Å²) in [6.07, 6.45) is 1.97. The lowest BCUT2D eigenvalue weighted by Crippen LogP contribution is -1.89. The Morgan fingerprint density at radius 3 is 2.86 bits per heavy atom. The first-order valence-electron chi connectivity index (χ1n) is 4.72. The minimum atomic E-state index is 0.862. The van der Waals surface area contributed by atoms with Gasteiger partial charge in [0, 0.05) is 15.6 Å². The standard InChI is InChI=1S/C12H12OS/c1-3-9-7-14-11-5-4-8(2)10(6-13)12(9)11/h4-7H,3H2,1-2H3. The van der Waals surface area contributed by atoms with Crippen LogP contribution >= 0.6 is 11.3 Å². The Bertz CT molecular complexity index is 482. The molecule has 0 bridgehead atoms. The van der Waals surface area contributed by atoms with E-state index in [9.17, 15) is 4.79 Å². The molecule has 1 aromatic heterocycles. The van der Waals surface area contributed by atoms with E-state index in [4.69, 9.17) is 0 Å². The van der Waals surface area contributed by atoms with Crippen molar-refractivity contribution < 1.29 is 4.79 Å². The Labute approximate surface area is 87.4 Å². The van der Waals surface area contributed by atoms with E-state index in [1.165, 1.54) is 10.3 Å². The molecule has 0 N–H and O–H groups in total. The summed E-state index contributed by atoms with van der Waals surface area (Å²) in [4.78, 5) is 11.0. The van der Waals surface area contributed by atoms with E-state index in [0.717, 1.165) is 29.2 Å². The van der Waals surface area contributed by atoms with Crippen molar-refractivity contribution in [3.05, 3.63) is 34.2 Å². The van der Waals surface area contributed by atoms with Gasteiger partial charge < -0.3 is 0 Å². The Hall–Kier alpha value is -1.15. The maximum absolute atomic E-state index is 11.0. The van der Waals surface area contributed by atoms with Crippen LogP contribution in [0.4, 0.5) is 0 Å². The Morgan fingerprint density at radius 2 is 2.21 bits per heavy atom. The van der Waals surface area contributed by atoms with Crippen LogP contribution in [0.2, 0.25) is 0 Å². The number of hydrogen-bond acceptors (Lipinski definition) is 2. The number of carbonyl (C=O) groups is 1. The highest BCUT2D eigenvalue weighted by atomic mass is 32.1. The summed E-state index contributed by atoms with van der Waals surface area (Å²) in [5.74, 6) is 0. The average Bonchev–Trinajstić information content (AvgIpc) is 2.61. The van der Waals surface area contributed by atoms with Crippen LogP contribution in [0, 0.1) is 6.92 Å². The summed E-state index contributed by atoms with van der Waals surface area (Å²) in [6.45, 7) is 4.11. The Morgan fingerprint density at radius 1 is 1.43 bits per heavy atom. The quantitative estimate of drug-likeness (QED) is 0.683. The van der Waals surface area contributed by atoms with Crippen molar-refractivity contribution in [1.29, 1.82) is 0 Å². The molecule has 0 aliphatic heterocycles. The molecule has 0 saturated heterocycles. The number of thiophene rings is 1. The van der Waals surface area contributed by atoms with Crippen molar-refractivity contribution in [1.82, 2.24) is 0 Å². The highest BCUT2D eigenvalue weighted by molar-refractivity contribution is 7.17. The molecule has 0 atom stereocenters. The summed E-state index contributed by atoms with van der Waals surface area (Å²) < 4.78 is 1.22. The molecule has 0 unspecified atom stereocenters. The number of aldehydes is 1. The third-order valence-corrected chi connectivity index (χ3v) is 3.57. The predicted molar refractivity (Wildman–Crippen MR) is 61.3 cm³/mol. The first-order valence-corrected chi connectivity index (χ1v) is 5.60. The van der Waals surface area contributed by atoms with Crippen LogP contribution in [0.3, 0.4) is 0 Å². The number of aryl methyl sites for hydroxylation is 2. The Kier molecular flexibility index (Phi) is 2.38. The fourth-order valence-corrected chi connectivity index (χ4v) is 2.80. The van der Waals surface area contributed by atoms with Crippen LogP contribution in [0.15, 0.2) is 17.5 Å². The average molecular weight is 204 g/mol. The van der Waals surface area contributed by atoms with Crippen molar-refractivity contribution in [2.45, 2.75) is 20.3 Å². The van der Waals surface area contributed by atoms with E-state index in [1.54, 1.807) is 11.3 Å². The number of benzene rings is 1. The smallest absolute Gasteiger partial charge is 0.150 e. The van der Waals surface area contributed by atoms with E-state index in [-0.39, 0.29) is 0 Å². The molecule has 0 amide bonds. The third kappa shape index (κ3) is 1.26. The number of carbonyl (C=O) groups excluding carboxylic acids is 1. The summed E-state index contributed by atoms with van der Waals surface area (Å²) in [6, 6.07) is 4.11. The molecular weight excluding hydrogens is 192 g/mol. The lowest BCUT2D eigenvalue weighted by atomic mass is 10.0. The van der Waals surface area contributed by atoms with Gasteiger partial charge in [-0.25, -0.2) is 0 Å². The molecule has 1 heterocycles. The zero-order valence-corrected chi connectivity index (χ0v) is 9.15. The number of hydrogen-bond donors (Lipinski definition) is 0. The van der Waals surface area contributed by atoms with Gasteiger partial charge in [-0.1, -0.05) is 13.0 Å². The van der Waals surface area contributed by atoms with Crippen molar-refractivity contribution in [2.75, 3.05) is 0 Å². The van der Waals surface area contributed by atoms with Crippen LogP contribution in [-0.4, -0.2) is 6.29 Å². The SMILES string of the molecule is CCc1csc2ccc(C)c(C=O)c12. The molecule has 72 valence electrons. The van der Waals surface area contributed by atoms with Gasteiger partial charge in [0.25, 0.3) is 0 Å². The molecule has 0 spiro atoms. The minimum Gasteiger partial charge on any atom is -0.298 e. The molecule has 2 aromatic rings. The van der Waals surface area contributed by atoms with Gasteiger partial charge in [-0.05, 0) is 35.9 Å². The van der Waals surface area contributed by atoms with Crippen LogP contribution in [0.1, 0.15) is 28.4 Å². The van der Waals surface area contributed by atoms with Gasteiger partial charge in [-0.3, -0.25) is 4.79 Å². The fourth-order valence-electron chi connectivity index (χ4n) is 1.74. The molecule has 2 heteroatoms. The second-order valence-electron chi connectivity index (χ2n) is 3.40. The maximum atomic E-state index is 11.0. The number of rotatable bonds is 2. The van der Waals surface area contributed by atoms with E-state index < -0.39 is 0 Å². The molecule has 1 nitrogen and oxygen atoms in total. The molecule has 1 aromatic carbocycles. The van der Waals surface area contributed by atoms with Gasteiger partial charge in [0.2, 0.25) is 0 Å². The first kappa shape index (κ1) is 9.41. The highest BCUT2D eigenvalue weighted by Gasteiger charge is 2.09. The summed E-state index contributed by atoms with van der Waals surface area (Å²) in [7, 11) is 0. The summed E-state index contributed by atoms with van der Waals surface area (Å²) >= 11 is 1.72. The first-order chi connectivity index (χ1) is 6.77. The highest BCUT2D eigenvalue weighted by Crippen LogP contribution is 2.30. The van der Waals surface area contributed by atoms with Crippen molar-refractivity contribution >= 4 is 27.7 Å². The topological polar surface area (TPSA) is 17.1 Å². The molecule has 14 heavy (non-hydrogen) atoms. The largest absolute Gasteiger partial charge is 0.298 e. The molecule has 0 saturated carbocycles. The molecular formula is C12H12OS. The molecule has 0 aliphatic carbocycles. The zero-order valence-electron chi connectivity index (χ0n) is 8.33. The molecule has 2 rings (SSSR count). The maximum Gasteiger partial charge on any atom is 0.150 e. The molecule has 0 radical (unpaired) electrons. The normalized spacial score (nSPS) is 10.7. The second kappa shape index (κ2) is 3.54. The summed E-state index contributed by atoms with van der Waals surface area (Å²) in [5, 5.41) is 3.31. The Balaban J connectivity index is 2.88. The zero-order chi connectivity index (χ0) is 10.1. The van der Waals surface area contributed by atoms with Gasteiger partial charge in [0.05, 0.1) is 0 Å². The van der Waals surface area contributed by atoms with Crippen molar-refractivity contribution in [3.63, 3.8) is 0 Å². The molecule has 0 aliphatic rings. The lowest BCUT2D eigenvalue weighted by Gasteiger charge is -2.02. The minimum absolute atomic E-state index is 0.862. The van der Waals surface area contributed by atoms with Crippen molar-refractivity contribution in [3.8, 4) is 0 Å². The van der Waals surface area contributed by atoms with E-state index in [2.05, 4.69) is 18.4 Å². The van der Waals surface area contributed by atoms with E-state index in [1.807, 2.05) is 13.0 Å². The molecule has 0 fully saturated rings. The summed E-state index contributed by atoms with van der Waals surface area (Å²) in [5.41, 5.74) is 3.22. The van der Waals surface area contributed by atoms with Crippen LogP contribution in [0.5, 0.6) is 0 Å². The lowest BCUT2D eigenvalue weighted by molar-refractivity contribution is 0.112. The van der Waals surface area contributed by atoms with Gasteiger partial charge >= 0.3 is 0 Å². The van der Waals surface area contributed by atoms with Gasteiger partial charge in [0.1, 0.15) is 0 Å². The van der Waals surface area contributed by atoms with Crippen LogP contribution in [0.25, 0.3) is 10.1 Å². The monoisotopic (exact) mass is 204 g/mol. The van der Waals surface area contributed by atoms with Crippen LogP contribution in [-0.2, 0) is 6.42 Å². The fraction of sp³-hybridized carbons (Fsp3) is 0.250.